The molecule has 3 heteroatoms. The molecule has 0 N–H and O–H groups in total. The van der Waals surface area contributed by atoms with Gasteiger partial charge in [0.25, 0.3) is 0 Å². The van der Waals surface area contributed by atoms with Crippen LogP contribution in [0.2, 0.25) is 0 Å². The van der Waals surface area contributed by atoms with Crippen molar-refractivity contribution in [3.05, 3.63) is 29.8 Å². The van der Waals surface area contributed by atoms with Gasteiger partial charge < -0.3 is 0 Å². The first-order valence-electron chi connectivity index (χ1n) is 3.66. The van der Waals surface area contributed by atoms with Crippen molar-refractivity contribution in [3.63, 3.8) is 0 Å². The number of nitrogens with zero attached hydrogens (tertiary/aromatic N) is 2. The SMILES string of the molecule is O=[C]N1CN=Cc2ccccc21. The molecule has 0 bridgehead atoms. The first-order valence-corrected chi connectivity index (χ1v) is 3.66. The zero-order valence-electron chi connectivity index (χ0n) is 6.40. The molecule has 2 rings (SSSR count). The number of rotatable bonds is 1. The van der Waals surface area contributed by atoms with Gasteiger partial charge >= 0.3 is 6.41 Å². The molecule has 1 radical (unpaired) electrons. The Balaban J connectivity index is 2.52. The maximum absolute atomic E-state index is 10.4. The molecule has 1 aromatic rings. The Bertz CT molecular complexity index is 333. The highest BCUT2D eigenvalue weighted by atomic mass is 16.1. The third kappa shape index (κ3) is 0.993. The largest absolute Gasteiger partial charge is 0.318 e. The fraction of sp³-hybridized carbons (Fsp3) is 0.111. The lowest BCUT2D eigenvalue weighted by molar-refractivity contribution is 0.551. The molecular formula is C9H7N2O. The van der Waals surface area contributed by atoms with Gasteiger partial charge in [0.05, 0.1) is 5.69 Å². The third-order valence-corrected chi connectivity index (χ3v) is 1.79. The Morgan fingerprint density at radius 3 is 3.08 bits per heavy atom. The van der Waals surface area contributed by atoms with Crippen molar-refractivity contribution in [1.29, 1.82) is 0 Å². The van der Waals surface area contributed by atoms with Gasteiger partial charge in [-0.1, -0.05) is 18.2 Å². The maximum atomic E-state index is 10.4. The maximum Gasteiger partial charge on any atom is 0.318 e. The molecule has 0 saturated heterocycles. The van der Waals surface area contributed by atoms with E-state index in [2.05, 4.69) is 4.99 Å². The highest BCUT2D eigenvalue weighted by Gasteiger charge is 2.11. The summed E-state index contributed by atoms with van der Waals surface area (Å²) in [6.07, 6.45) is 3.60. The minimum atomic E-state index is 0.376. The minimum Gasteiger partial charge on any atom is -0.283 e. The van der Waals surface area contributed by atoms with E-state index < -0.39 is 0 Å². The van der Waals surface area contributed by atoms with Crippen molar-refractivity contribution < 1.29 is 4.79 Å². The molecule has 1 aromatic carbocycles. The van der Waals surface area contributed by atoms with Crippen molar-refractivity contribution in [2.45, 2.75) is 0 Å². The second kappa shape index (κ2) is 2.77. The van der Waals surface area contributed by atoms with E-state index in [4.69, 9.17) is 0 Å². The van der Waals surface area contributed by atoms with E-state index in [1.165, 1.54) is 4.90 Å². The lowest BCUT2D eigenvalue weighted by Crippen LogP contribution is -2.24. The summed E-state index contributed by atoms with van der Waals surface area (Å²) in [7, 11) is 0. The number of hydrogen-bond donors (Lipinski definition) is 0. The Morgan fingerprint density at radius 2 is 2.25 bits per heavy atom. The van der Waals surface area contributed by atoms with Crippen LogP contribution >= 0.6 is 0 Å². The number of para-hydroxylation sites is 1. The van der Waals surface area contributed by atoms with Gasteiger partial charge in [-0.2, -0.15) is 0 Å². The first kappa shape index (κ1) is 7.03. The summed E-state index contributed by atoms with van der Waals surface area (Å²) < 4.78 is 0. The van der Waals surface area contributed by atoms with Crippen molar-refractivity contribution in [1.82, 2.24) is 0 Å². The van der Waals surface area contributed by atoms with Crippen LogP contribution in [-0.4, -0.2) is 19.3 Å². The smallest absolute Gasteiger partial charge is 0.283 e. The summed E-state index contributed by atoms with van der Waals surface area (Å²) in [5.74, 6) is 0. The van der Waals surface area contributed by atoms with Crippen molar-refractivity contribution >= 4 is 18.3 Å². The summed E-state index contributed by atoms with van der Waals surface area (Å²) in [5, 5.41) is 0. The minimum absolute atomic E-state index is 0.376. The zero-order valence-corrected chi connectivity index (χ0v) is 6.40. The highest BCUT2D eigenvalue weighted by Crippen LogP contribution is 2.19. The number of benzene rings is 1. The predicted molar refractivity (Wildman–Crippen MR) is 47.1 cm³/mol. The lowest BCUT2D eigenvalue weighted by Gasteiger charge is -2.19. The fourth-order valence-corrected chi connectivity index (χ4v) is 1.22. The van der Waals surface area contributed by atoms with Gasteiger partial charge in [0.15, 0.2) is 0 Å². The van der Waals surface area contributed by atoms with E-state index in [-0.39, 0.29) is 0 Å². The van der Waals surface area contributed by atoms with E-state index in [0.717, 1.165) is 11.3 Å². The number of anilines is 1. The molecule has 1 aliphatic heterocycles. The van der Waals surface area contributed by atoms with E-state index in [9.17, 15) is 4.79 Å². The molecule has 0 fully saturated rings. The number of carbonyl (C=O) groups excluding carboxylic acids is 1. The van der Waals surface area contributed by atoms with E-state index in [0.29, 0.717) is 6.67 Å². The Kier molecular flexibility index (Phi) is 1.63. The van der Waals surface area contributed by atoms with Crippen LogP contribution in [0.25, 0.3) is 0 Å². The van der Waals surface area contributed by atoms with Crippen LogP contribution < -0.4 is 4.90 Å². The van der Waals surface area contributed by atoms with Crippen molar-refractivity contribution in [2.75, 3.05) is 11.6 Å². The number of hydrogen-bond acceptors (Lipinski definition) is 2. The van der Waals surface area contributed by atoms with E-state index in [1.807, 2.05) is 30.7 Å². The van der Waals surface area contributed by atoms with Gasteiger partial charge in [-0.25, -0.2) is 0 Å². The first-order chi connectivity index (χ1) is 5.92. The molecule has 1 aliphatic rings. The van der Waals surface area contributed by atoms with Gasteiger partial charge in [0.1, 0.15) is 6.67 Å². The lowest BCUT2D eigenvalue weighted by atomic mass is 10.1. The summed E-state index contributed by atoms with van der Waals surface area (Å²) in [5.41, 5.74) is 1.84. The second-order valence-electron chi connectivity index (χ2n) is 2.53. The summed E-state index contributed by atoms with van der Waals surface area (Å²) in [6, 6.07) is 7.61. The van der Waals surface area contributed by atoms with Gasteiger partial charge in [-0.3, -0.25) is 14.7 Å². The fourth-order valence-electron chi connectivity index (χ4n) is 1.22. The summed E-state index contributed by atoms with van der Waals surface area (Å²) in [6.45, 7) is 0.376. The molecule has 0 atom stereocenters. The highest BCUT2D eigenvalue weighted by molar-refractivity contribution is 5.94. The average molecular weight is 159 g/mol. The molecule has 0 aliphatic carbocycles. The molecule has 0 spiro atoms. The van der Waals surface area contributed by atoms with Gasteiger partial charge in [-0.05, 0) is 6.07 Å². The normalized spacial score (nSPS) is 14.2. The van der Waals surface area contributed by atoms with Crippen molar-refractivity contribution in [3.8, 4) is 0 Å². The zero-order chi connectivity index (χ0) is 8.39. The van der Waals surface area contributed by atoms with Gasteiger partial charge in [0, 0.05) is 11.8 Å². The Labute approximate surface area is 70.3 Å². The quantitative estimate of drug-likeness (QED) is 0.600. The number of aliphatic imine (C=N–C) groups is 1. The number of fused-ring (bicyclic) bond motifs is 1. The van der Waals surface area contributed by atoms with Crippen LogP contribution in [0.1, 0.15) is 5.56 Å². The Morgan fingerprint density at radius 1 is 1.42 bits per heavy atom. The molecule has 59 valence electrons. The molecule has 0 unspecified atom stereocenters. The molecule has 1 amide bonds. The van der Waals surface area contributed by atoms with Crippen LogP contribution in [-0.2, 0) is 4.79 Å². The Hall–Kier alpha value is -1.64. The summed E-state index contributed by atoms with van der Waals surface area (Å²) in [4.78, 5) is 15.9. The second-order valence-corrected chi connectivity index (χ2v) is 2.53. The van der Waals surface area contributed by atoms with Crippen LogP contribution in [0.5, 0.6) is 0 Å². The van der Waals surface area contributed by atoms with Gasteiger partial charge in [-0.15, -0.1) is 0 Å². The third-order valence-electron chi connectivity index (χ3n) is 1.79. The monoisotopic (exact) mass is 159 g/mol. The molecule has 0 saturated carbocycles. The standard InChI is InChI=1S/C9H7N2O/c12-7-11-6-10-5-8-3-1-2-4-9(8)11/h1-5H,6H2. The average Bonchev–Trinajstić information content (AvgIpc) is 2.17. The van der Waals surface area contributed by atoms with Gasteiger partial charge in [0.2, 0.25) is 0 Å². The van der Waals surface area contributed by atoms with Crippen LogP contribution in [0, 0.1) is 0 Å². The topological polar surface area (TPSA) is 32.7 Å². The van der Waals surface area contributed by atoms with E-state index >= 15 is 0 Å². The molecule has 3 nitrogen and oxygen atoms in total. The molecule has 0 aromatic heterocycles. The predicted octanol–water partition coefficient (Wildman–Crippen LogP) is 0.950. The van der Waals surface area contributed by atoms with Crippen molar-refractivity contribution in [2.24, 2.45) is 4.99 Å². The van der Waals surface area contributed by atoms with Crippen LogP contribution in [0.15, 0.2) is 29.3 Å². The molecule has 1 heterocycles. The van der Waals surface area contributed by atoms with E-state index in [1.54, 1.807) is 6.21 Å². The summed E-state index contributed by atoms with van der Waals surface area (Å²) >= 11 is 0. The molecular weight excluding hydrogens is 152 g/mol. The number of amides is 1. The van der Waals surface area contributed by atoms with Crippen LogP contribution in [0.3, 0.4) is 0 Å². The molecule has 12 heavy (non-hydrogen) atoms. The van der Waals surface area contributed by atoms with Crippen LogP contribution in [0.4, 0.5) is 5.69 Å².